The third-order valence-corrected chi connectivity index (χ3v) is 3.38. The summed E-state index contributed by atoms with van der Waals surface area (Å²) in [7, 11) is 0. The van der Waals surface area contributed by atoms with E-state index in [1.54, 1.807) is 45.9 Å². The highest BCUT2D eigenvalue weighted by Gasteiger charge is 2.42. The number of halogens is 3. The van der Waals surface area contributed by atoms with E-state index in [4.69, 9.17) is 0 Å². The summed E-state index contributed by atoms with van der Waals surface area (Å²) in [5.41, 5.74) is 1.55. The molecule has 3 aromatic heterocycles. The first-order chi connectivity index (χ1) is 12.3. The molecule has 0 bridgehead atoms. The lowest BCUT2D eigenvalue weighted by atomic mass is 10.2. The Kier molecular flexibility index (Phi) is 4.61. The first-order valence-electron chi connectivity index (χ1n) is 7.30. The minimum absolute atomic E-state index is 0.0549. The third-order valence-electron chi connectivity index (χ3n) is 3.38. The van der Waals surface area contributed by atoms with Gasteiger partial charge in [-0.1, -0.05) is 0 Å². The third kappa shape index (κ3) is 3.82. The maximum atomic E-state index is 12.0. The van der Waals surface area contributed by atoms with E-state index in [-0.39, 0.29) is 13.0 Å². The van der Waals surface area contributed by atoms with E-state index in [9.17, 15) is 22.8 Å². The highest BCUT2D eigenvalue weighted by Crippen LogP contribution is 2.17. The molecule has 3 rings (SSSR count). The number of ether oxygens (including phenoxy) is 1. The molecule has 0 aromatic carbocycles. The van der Waals surface area contributed by atoms with Gasteiger partial charge in [0.15, 0.2) is 18.9 Å². The smallest absolute Gasteiger partial charge is 0.386 e. The summed E-state index contributed by atoms with van der Waals surface area (Å²) < 4.78 is 42.9. The lowest BCUT2D eigenvalue weighted by Crippen LogP contribution is -2.35. The predicted molar refractivity (Wildman–Crippen MR) is 78.2 cm³/mol. The van der Waals surface area contributed by atoms with Crippen molar-refractivity contribution in [2.75, 3.05) is 0 Å². The van der Waals surface area contributed by atoms with Gasteiger partial charge in [0.2, 0.25) is 0 Å². The highest BCUT2D eigenvalue weighted by atomic mass is 19.4. The Morgan fingerprint density at radius 2 is 1.88 bits per heavy atom. The number of aryl methyl sites for hydroxylation is 1. The van der Waals surface area contributed by atoms with Crippen LogP contribution in [0.2, 0.25) is 0 Å². The molecule has 0 spiro atoms. The Balaban J connectivity index is 1.64. The van der Waals surface area contributed by atoms with Gasteiger partial charge in [-0.3, -0.25) is 4.79 Å². The second-order valence-corrected chi connectivity index (χ2v) is 5.14. The van der Waals surface area contributed by atoms with Crippen LogP contribution in [0.3, 0.4) is 0 Å². The van der Waals surface area contributed by atoms with E-state index in [0.717, 1.165) is 11.3 Å². The van der Waals surface area contributed by atoms with Crippen molar-refractivity contribution in [2.45, 2.75) is 19.1 Å². The predicted octanol–water partition coefficient (Wildman–Crippen LogP) is 1.10. The molecule has 0 saturated heterocycles. The van der Waals surface area contributed by atoms with Crippen molar-refractivity contribution >= 4 is 17.7 Å². The van der Waals surface area contributed by atoms with Crippen molar-refractivity contribution in [3.63, 3.8) is 0 Å². The molecule has 0 amide bonds. The van der Waals surface area contributed by atoms with Crippen LogP contribution in [0.4, 0.5) is 13.2 Å². The molecule has 3 heterocycles. The fraction of sp³-hybridized carbons (Fsp3) is 0.200. The average Bonchev–Trinajstić information content (AvgIpc) is 3.08. The lowest BCUT2D eigenvalue weighted by molar-refractivity contribution is -0.695. The maximum Gasteiger partial charge on any atom is 0.491 e. The van der Waals surface area contributed by atoms with Crippen LogP contribution in [0.15, 0.2) is 43.1 Å². The van der Waals surface area contributed by atoms with Gasteiger partial charge in [0.1, 0.15) is 12.7 Å². The van der Waals surface area contributed by atoms with Gasteiger partial charge in [0.05, 0.1) is 5.69 Å². The number of rotatable bonds is 4. The number of hydrogen-bond donors (Lipinski definition) is 0. The van der Waals surface area contributed by atoms with Gasteiger partial charge in [-0.2, -0.15) is 27.8 Å². The second kappa shape index (κ2) is 6.86. The number of hydrogen-bond acceptors (Lipinski definition) is 6. The van der Waals surface area contributed by atoms with E-state index >= 15 is 0 Å². The van der Waals surface area contributed by atoms with E-state index in [0.29, 0.717) is 5.78 Å². The van der Waals surface area contributed by atoms with Crippen LogP contribution in [0, 0.1) is 0 Å². The minimum atomic E-state index is -5.19. The monoisotopic (exact) mass is 366 g/mol. The van der Waals surface area contributed by atoms with E-state index < -0.39 is 18.1 Å². The Hall–Kier alpha value is -3.37. The molecule has 0 radical (unpaired) electrons. The van der Waals surface area contributed by atoms with Crippen molar-refractivity contribution < 1.29 is 32.1 Å². The average molecular weight is 366 g/mol. The summed E-state index contributed by atoms with van der Waals surface area (Å²) in [6.45, 7) is 0.0549. The maximum absolute atomic E-state index is 12.0. The van der Waals surface area contributed by atoms with Crippen molar-refractivity contribution in [1.29, 1.82) is 0 Å². The molecule has 0 aliphatic carbocycles. The van der Waals surface area contributed by atoms with Crippen molar-refractivity contribution in [3.05, 3.63) is 43.1 Å². The minimum Gasteiger partial charge on any atom is -0.386 e. The molecular weight excluding hydrogens is 355 g/mol. The van der Waals surface area contributed by atoms with Crippen molar-refractivity contribution in [1.82, 2.24) is 19.6 Å². The molecular formula is C15H11F3N5O3+. The molecule has 0 fully saturated rings. The van der Waals surface area contributed by atoms with Crippen molar-refractivity contribution in [3.8, 4) is 11.3 Å². The SMILES string of the molecule is O=C(CC[n+]1ccc(-c2ccnc3ncnn23)cc1)OC(=O)C(F)(F)F. The second-order valence-electron chi connectivity index (χ2n) is 5.14. The summed E-state index contributed by atoms with van der Waals surface area (Å²) in [6.07, 6.45) is 0.668. The molecule has 26 heavy (non-hydrogen) atoms. The van der Waals surface area contributed by atoms with Gasteiger partial charge in [0, 0.05) is 23.9 Å². The van der Waals surface area contributed by atoms with Crippen LogP contribution in [0.25, 0.3) is 17.0 Å². The highest BCUT2D eigenvalue weighted by molar-refractivity contribution is 5.88. The van der Waals surface area contributed by atoms with Crippen LogP contribution in [-0.4, -0.2) is 37.7 Å². The summed E-state index contributed by atoms with van der Waals surface area (Å²) in [4.78, 5) is 29.9. The van der Waals surface area contributed by atoms with Crippen LogP contribution < -0.4 is 4.57 Å². The Labute approximate surface area is 143 Å². The van der Waals surface area contributed by atoms with Gasteiger partial charge < -0.3 is 4.74 Å². The molecule has 0 unspecified atom stereocenters. The fourth-order valence-electron chi connectivity index (χ4n) is 2.17. The van der Waals surface area contributed by atoms with Gasteiger partial charge in [0.25, 0.3) is 5.78 Å². The Morgan fingerprint density at radius 1 is 1.15 bits per heavy atom. The van der Waals surface area contributed by atoms with Crippen LogP contribution in [-0.2, 0) is 20.9 Å². The zero-order valence-electron chi connectivity index (χ0n) is 13.1. The molecule has 3 aromatic rings. The molecule has 11 heteroatoms. The zero-order valence-corrected chi connectivity index (χ0v) is 13.1. The van der Waals surface area contributed by atoms with Crippen LogP contribution >= 0.6 is 0 Å². The van der Waals surface area contributed by atoms with Crippen molar-refractivity contribution in [2.24, 2.45) is 0 Å². The molecule has 8 nitrogen and oxygen atoms in total. The summed E-state index contributed by atoms with van der Waals surface area (Å²) >= 11 is 0. The van der Waals surface area contributed by atoms with E-state index in [1.807, 2.05) is 0 Å². The van der Waals surface area contributed by atoms with Gasteiger partial charge in [-0.15, -0.1) is 0 Å². The van der Waals surface area contributed by atoms with Gasteiger partial charge >= 0.3 is 18.1 Å². The summed E-state index contributed by atoms with van der Waals surface area (Å²) in [6, 6.07) is 5.23. The number of nitrogens with zero attached hydrogens (tertiary/aromatic N) is 5. The molecule has 134 valence electrons. The fourth-order valence-corrected chi connectivity index (χ4v) is 2.17. The van der Waals surface area contributed by atoms with Gasteiger partial charge in [-0.25, -0.2) is 14.3 Å². The molecule has 0 saturated carbocycles. The van der Waals surface area contributed by atoms with Crippen LogP contribution in [0.1, 0.15) is 6.42 Å². The largest absolute Gasteiger partial charge is 0.491 e. The number of alkyl halides is 3. The molecule has 0 N–H and O–H groups in total. The number of pyridine rings is 1. The quantitative estimate of drug-likeness (QED) is 0.390. The number of esters is 2. The van der Waals surface area contributed by atoms with Crippen LogP contribution in [0.5, 0.6) is 0 Å². The van der Waals surface area contributed by atoms with E-state index in [2.05, 4.69) is 19.8 Å². The summed E-state index contributed by atoms with van der Waals surface area (Å²) in [5.74, 6) is -3.32. The standard InChI is InChI=1S/C15H11F3N5O3/c16-15(17,18)13(25)26-12(24)4-8-22-6-2-10(3-7-22)11-1-5-19-14-20-9-21-23(11)14/h1-3,5-7,9H,4,8H2/q+1. The topological polar surface area (TPSA) is 90.3 Å². The lowest BCUT2D eigenvalue weighted by Gasteiger charge is -2.05. The first-order valence-corrected chi connectivity index (χ1v) is 7.30. The van der Waals surface area contributed by atoms with E-state index in [1.165, 1.54) is 6.33 Å². The molecule has 0 atom stereocenters. The number of carbonyl (C=O) groups excluding carboxylic acids is 2. The summed E-state index contributed by atoms with van der Waals surface area (Å²) in [5, 5.41) is 4.08. The number of fused-ring (bicyclic) bond motifs is 1. The number of aromatic nitrogens is 5. The first kappa shape index (κ1) is 17.5. The molecule has 0 aliphatic heterocycles. The normalized spacial score (nSPS) is 11.5. The molecule has 0 aliphatic rings. The number of carbonyl (C=O) groups is 2. The zero-order chi connectivity index (χ0) is 18.7. The Bertz CT molecular complexity index is 953. The van der Waals surface area contributed by atoms with Gasteiger partial charge in [-0.05, 0) is 6.07 Å². The Morgan fingerprint density at radius 3 is 2.58 bits per heavy atom.